The van der Waals surface area contributed by atoms with E-state index in [0.717, 1.165) is 58.5 Å². The SMILES string of the molecule is CCCNC1CCOCC1N1CCC(N2CCOCC2)C1. The molecule has 3 heterocycles. The molecule has 0 aromatic carbocycles. The fourth-order valence-corrected chi connectivity index (χ4v) is 3.96. The average molecular weight is 297 g/mol. The third kappa shape index (κ3) is 3.96. The molecule has 122 valence electrons. The van der Waals surface area contributed by atoms with Crippen LogP contribution in [0.2, 0.25) is 0 Å². The van der Waals surface area contributed by atoms with Crippen LogP contribution in [-0.2, 0) is 9.47 Å². The Labute approximate surface area is 128 Å². The van der Waals surface area contributed by atoms with E-state index in [4.69, 9.17) is 9.47 Å². The molecule has 0 aliphatic carbocycles. The van der Waals surface area contributed by atoms with Crippen molar-refractivity contribution in [3.05, 3.63) is 0 Å². The number of nitrogens with one attached hydrogen (secondary N) is 1. The number of nitrogens with zero attached hydrogens (tertiary/aromatic N) is 2. The third-order valence-electron chi connectivity index (χ3n) is 5.21. The van der Waals surface area contributed by atoms with Crippen molar-refractivity contribution in [2.45, 2.75) is 44.3 Å². The Morgan fingerprint density at radius 3 is 2.67 bits per heavy atom. The molecule has 0 bridgehead atoms. The molecular weight excluding hydrogens is 266 g/mol. The van der Waals surface area contributed by atoms with Gasteiger partial charge in [0.05, 0.1) is 19.8 Å². The molecule has 0 spiro atoms. The highest BCUT2D eigenvalue weighted by atomic mass is 16.5. The van der Waals surface area contributed by atoms with Gasteiger partial charge in [0.1, 0.15) is 0 Å². The van der Waals surface area contributed by atoms with E-state index in [1.807, 2.05) is 0 Å². The van der Waals surface area contributed by atoms with Crippen LogP contribution >= 0.6 is 0 Å². The van der Waals surface area contributed by atoms with Gasteiger partial charge < -0.3 is 14.8 Å². The van der Waals surface area contributed by atoms with Gasteiger partial charge in [-0.1, -0.05) is 6.92 Å². The Hall–Kier alpha value is -0.200. The minimum Gasteiger partial charge on any atom is -0.380 e. The zero-order chi connectivity index (χ0) is 14.5. The molecule has 0 amide bonds. The van der Waals surface area contributed by atoms with Crippen LogP contribution in [0.4, 0.5) is 0 Å². The molecule has 5 nitrogen and oxygen atoms in total. The summed E-state index contributed by atoms with van der Waals surface area (Å²) < 4.78 is 11.2. The summed E-state index contributed by atoms with van der Waals surface area (Å²) in [6.45, 7) is 11.6. The second-order valence-electron chi connectivity index (χ2n) is 6.58. The van der Waals surface area contributed by atoms with Crippen LogP contribution in [0.1, 0.15) is 26.2 Å². The van der Waals surface area contributed by atoms with Gasteiger partial charge >= 0.3 is 0 Å². The summed E-state index contributed by atoms with van der Waals surface area (Å²) >= 11 is 0. The molecule has 5 heteroatoms. The van der Waals surface area contributed by atoms with Crippen LogP contribution in [0.5, 0.6) is 0 Å². The highest BCUT2D eigenvalue weighted by Crippen LogP contribution is 2.23. The summed E-state index contributed by atoms with van der Waals surface area (Å²) in [7, 11) is 0. The zero-order valence-corrected chi connectivity index (χ0v) is 13.4. The van der Waals surface area contributed by atoms with Gasteiger partial charge in [0.15, 0.2) is 0 Å². The lowest BCUT2D eigenvalue weighted by Crippen LogP contribution is -2.55. The van der Waals surface area contributed by atoms with Gasteiger partial charge in [-0.15, -0.1) is 0 Å². The van der Waals surface area contributed by atoms with Gasteiger partial charge in [-0.2, -0.15) is 0 Å². The molecule has 0 aromatic heterocycles. The predicted molar refractivity (Wildman–Crippen MR) is 83.7 cm³/mol. The van der Waals surface area contributed by atoms with E-state index >= 15 is 0 Å². The van der Waals surface area contributed by atoms with Gasteiger partial charge in [0.2, 0.25) is 0 Å². The second-order valence-corrected chi connectivity index (χ2v) is 6.58. The summed E-state index contributed by atoms with van der Waals surface area (Å²) in [5.41, 5.74) is 0. The molecule has 3 unspecified atom stereocenters. The van der Waals surface area contributed by atoms with Crippen molar-refractivity contribution in [1.82, 2.24) is 15.1 Å². The quantitative estimate of drug-likeness (QED) is 0.802. The fraction of sp³-hybridized carbons (Fsp3) is 1.00. The normalized spacial score (nSPS) is 36.1. The van der Waals surface area contributed by atoms with Crippen LogP contribution in [0, 0.1) is 0 Å². The molecular formula is C16H31N3O2. The number of ether oxygens (including phenoxy) is 2. The van der Waals surface area contributed by atoms with Crippen molar-refractivity contribution in [3.63, 3.8) is 0 Å². The lowest BCUT2D eigenvalue weighted by Gasteiger charge is -2.39. The highest BCUT2D eigenvalue weighted by Gasteiger charge is 2.36. The van der Waals surface area contributed by atoms with E-state index in [9.17, 15) is 0 Å². The minimum atomic E-state index is 0.566. The summed E-state index contributed by atoms with van der Waals surface area (Å²) in [5.74, 6) is 0. The van der Waals surface area contributed by atoms with E-state index in [1.165, 1.54) is 25.9 Å². The standard InChI is InChI=1S/C16H31N3O2/c1-2-5-17-15-4-9-21-13-16(15)19-6-3-14(12-19)18-7-10-20-11-8-18/h14-17H,2-13H2,1H3. The lowest BCUT2D eigenvalue weighted by molar-refractivity contribution is -0.00468. The van der Waals surface area contributed by atoms with E-state index in [0.29, 0.717) is 12.1 Å². The molecule has 0 aromatic rings. The topological polar surface area (TPSA) is 37.0 Å². The first kappa shape index (κ1) is 15.7. The molecule has 3 saturated heterocycles. The maximum Gasteiger partial charge on any atom is 0.0637 e. The molecule has 0 saturated carbocycles. The average Bonchev–Trinajstić information content (AvgIpc) is 3.04. The number of hydrogen-bond donors (Lipinski definition) is 1. The molecule has 0 radical (unpaired) electrons. The number of likely N-dealkylation sites (tertiary alicyclic amines) is 1. The van der Waals surface area contributed by atoms with Gasteiger partial charge in [0.25, 0.3) is 0 Å². The summed E-state index contributed by atoms with van der Waals surface area (Å²) in [6, 6.07) is 1.90. The van der Waals surface area contributed by atoms with Crippen LogP contribution in [-0.4, -0.2) is 87.1 Å². The number of rotatable bonds is 5. The molecule has 3 atom stereocenters. The Bertz CT molecular complexity index is 310. The van der Waals surface area contributed by atoms with Gasteiger partial charge in [-0.25, -0.2) is 0 Å². The summed E-state index contributed by atoms with van der Waals surface area (Å²) in [6.07, 6.45) is 3.67. The molecule has 3 fully saturated rings. The number of morpholine rings is 1. The van der Waals surface area contributed by atoms with E-state index in [-0.39, 0.29) is 0 Å². The third-order valence-corrected chi connectivity index (χ3v) is 5.21. The molecule has 3 aliphatic rings. The van der Waals surface area contributed by atoms with Crippen molar-refractivity contribution in [3.8, 4) is 0 Å². The largest absolute Gasteiger partial charge is 0.380 e. The fourth-order valence-electron chi connectivity index (χ4n) is 3.96. The van der Waals surface area contributed by atoms with Crippen molar-refractivity contribution in [2.75, 3.05) is 59.2 Å². The van der Waals surface area contributed by atoms with Crippen LogP contribution < -0.4 is 5.32 Å². The molecule has 3 rings (SSSR count). The highest BCUT2D eigenvalue weighted by molar-refractivity contribution is 4.93. The first-order chi connectivity index (χ1) is 10.4. The van der Waals surface area contributed by atoms with E-state index in [2.05, 4.69) is 22.0 Å². The first-order valence-corrected chi connectivity index (χ1v) is 8.75. The predicted octanol–water partition coefficient (Wildman–Crippen LogP) is 0.550. The minimum absolute atomic E-state index is 0.566. The van der Waals surface area contributed by atoms with Gasteiger partial charge in [-0.05, 0) is 25.8 Å². The van der Waals surface area contributed by atoms with E-state index < -0.39 is 0 Å². The Morgan fingerprint density at radius 1 is 1.00 bits per heavy atom. The zero-order valence-electron chi connectivity index (χ0n) is 13.4. The van der Waals surface area contributed by atoms with Crippen molar-refractivity contribution < 1.29 is 9.47 Å². The maximum absolute atomic E-state index is 5.77. The van der Waals surface area contributed by atoms with Crippen LogP contribution in [0.3, 0.4) is 0 Å². The second kappa shape index (κ2) is 7.88. The van der Waals surface area contributed by atoms with Crippen LogP contribution in [0.15, 0.2) is 0 Å². The monoisotopic (exact) mass is 297 g/mol. The van der Waals surface area contributed by atoms with Crippen molar-refractivity contribution in [2.24, 2.45) is 0 Å². The Kier molecular flexibility index (Phi) is 5.89. The molecule has 21 heavy (non-hydrogen) atoms. The smallest absolute Gasteiger partial charge is 0.0637 e. The van der Waals surface area contributed by atoms with Crippen molar-refractivity contribution in [1.29, 1.82) is 0 Å². The number of hydrogen-bond acceptors (Lipinski definition) is 5. The maximum atomic E-state index is 5.77. The van der Waals surface area contributed by atoms with Crippen LogP contribution in [0.25, 0.3) is 0 Å². The summed E-state index contributed by atoms with van der Waals surface area (Å²) in [4.78, 5) is 5.30. The summed E-state index contributed by atoms with van der Waals surface area (Å²) in [5, 5.41) is 3.74. The van der Waals surface area contributed by atoms with E-state index in [1.54, 1.807) is 0 Å². The van der Waals surface area contributed by atoms with Gasteiger partial charge in [-0.3, -0.25) is 9.80 Å². The first-order valence-electron chi connectivity index (χ1n) is 8.75. The Balaban J connectivity index is 1.53. The molecule has 1 N–H and O–H groups in total. The molecule has 3 aliphatic heterocycles. The van der Waals surface area contributed by atoms with Gasteiger partial charge in [0, 0.05) is 50.9 Å². The Morgan fingerprint density at radius 2 is 1.86 bits per heavy atom. The van der Waals surface area contributed by atoms with Crippen molar-refractivity contribution >= 4 is 0 Å². The lowest BCUT2D eigenvalue weighted by atomic mass is 10.0.